The fourth-order valence-electron chi connectivity index (χ4n) is 4.14. The van der Waals surface area contributed by atoms with Crippen LogP contribution in [0, 0.1) is 0 Å². The molecule has 31 heavy (non-hydrogen) atoms. The van der Waals surface area contributed by atoms with Crippen molar-refractivity contribution in [2.45, 2.75) is 58.6 Å². The zero-order valence-electron chi connectivity index (χ0n) is 19.3. The van der Waals surface area contributed by atoms with Gasteiger partial charge in [-0.1, -0.05) is 12.8 Å². The molecular weight excluding hydrogens is 503 g/mol. The molecule has 0 amide bonds. The Labute approximate surface area is 205 Å². The first-order valence-electron chi connectivity index (χ1n) is 11.8. The normalized spacial score (nSPS) is 20.6. The van der Waals surface area contributed by atoms with E-state index in [-0.39, 0.29) is 30.1 Å². The first-order chi connectivity index (χ1) is 14.7. The number of guanidine groups is 1. The van der Waals surface area contributed by atoms with Crippen molar-refractivity contribution in [1.29, 1.82) is 0 Å². The van der Waals surface area contributed by atoms with Crippen molar-refractivity contribution < 1.29 is 4.74 Å². The third kappa shape index (κ3) is 9.49. The van der Waals surface area contributed by atoms with Gasteiger partial charge in [-0.3, -0.25) is 0 Å². The quantitative estimate of drug-likeness (QED) is 0.227. The standard InChI is InChI=1S/C23H40N6O.HI/c1-3-24-23(26-10-8-14-28-12-6-4-5-7-13-28)27-18-21-9-11-25-22(17-21)29-15-16-30-20(2)19-29;/h9,11,17,20H,3-8,10,12-16,18-19H2,1-2H3,(H2,24,26,27);1H. The summed E-state index contributed by atoms with van der Waals surface area (Å²) in [6, 6.07) is 4.21. The number of hydrogen-bond donors (Lipinski definition) is 2. The molecule has 0 saturated carbocycles. The number of aromatic nitrogens is 1. The van der Waals surface area contributed by atoms with Crippen molar-refractivity contribution in [1.82, 2.24) is 20.5 Å². The summed E-state index contributed by atoms with van der Waals surface area (Å²) in [6.07, 6.45) is 8.80. The van der Waals surface area contributed by atoms with Gasteiger partial charge in [0.2, 0.25) is 0 Å². The van der Waals surface area contributed by atoms with Crippen molar-refractivity contribution in [2.24, 2.45) is 4.99 Å². The Morgan fingerprint density at radius 3 is 2.74 bits per heavy atom. The van der Waals surface area contributed by atoms with Crippen LogP contribution >= 0.6 is 24.0 Å². The number of anilines is 1. The molecule has 7 nitrogen and oxygen atoms in total. The van der Waals surface area contributed by atoms with E-state index in [1.54, 1.807) is 0 Å². The van der Waals surface area contributed by atoms with Crippen LogP contribution in [-0.2, 0) is 11.3 Å². The molecule has 3 rings (SSSR count). The minimum atomic E-state index is 0. The highest BCUT2D eigenvalue weighted by Gasteiger charge is 2.18. The summed E-state index contributed by atoms with van der Waals surface area (Å²) in [5.74, 6) is 1.92. The van der Waals surface area contributed by atoms with Crippen LogP contribution in [-0.4, -0.2) is 74.4 Å². The summed E-state index contributed by atoms with van der Waals surface area (Å²) in [6.45, 7) is 12.9. The smallest absolute Gasteiger partial charge is 0.191 e. The molecule has 2 aliphatic heterocycles. The van der Waals surface area contributed by atoms with Gasteiger partial charge in [-0.05, 0) is 70.4 Å². The average molecular weight is 545 g/mol. The lowest BCUT2D eigenvalue weighted by molar-refractivity contribution is 0.0529. The molecule has 1 unspecified atom stereocenters. The van der Waals surface area contributed by atoms with Crippen molar-refractivity contribution in [3.05, 3.63) is 23.9 Å². The van der Waals surface area contributed by atoms with Crippen molar-refractivity contribution >= 4 is 35.8 Å². The van der Waals surface area contributed by atoms with Crippen LogP contribution in [0.3, 0.4) is 0 Å². The van der Waals surface area contributed by atoms with Gasteiger partial charge in [-0.2, -0.15) is 0 Å². The maximum atomic E-state index is 5.65. The third-order valence-electron chi connectivity index (χ3n) is 5.78. The number of ether oxygens (including phenoxy) is 1. The van der Waals surface area contributed by atoms with E-state index >= 15 is 0 Å². The van der Waals surface area contributed by atoms with E-state index in [1.165, 1.54) is 50.9 Å². The molecule has 1 aromatic heterocycles. The molecule has 0 aliphatic carbocycles. The number of rotatable bonds is 8. The van der Waals surface area contributed by atoms with Crippen LogP contribution in [0.25, 0.3) is 0 Å². The van der Waals surface area contributed by atoms with Gasteiger partial charge in [0.05, 0.1) is 19.3 Å². The summed E-state index contributed by atoms with van der Waals surface area (Å²) in [5, 5.41) is 6.87. The van der Waals surface area contributed by atoms with Gasteiger partial charge in [0.15, 0.2) is 5.96 Å². The van der Waals surface area contributed by atoms with Gasteiger partial charge >= 0.3 is 0 Å². The molecule has 0 radical (unpaired) electrons. The average Bonchev–Trinajstić information content (AvgIpc) is 3.04. The summed E-state index contributed by atoms with van der Waals surface area (Å²) >= 11 is 0. The fourth-order valence-corrected chi connectivity index (χ4v) is 4.14. The molecule has 2 aliphatic rings. The second-order valence-corrected chi connectivity index (χ2v) is 8.38. The number of pyridine rings is 1. The van der Waals surface area contributed by atoms with Gasteiger partial charge in [-0.15, -0.1) is 24.0 Å². The molecule has 176 valence electrons. The maximum Gasteiger partial charge on any atom is 0.191 e. The van der Waals surface area contributed by atoms with Crippen LogP contribution in [0.15, 0.2) is 23.3 Å². The monoisotopic (exact) mass is 544 g/mol. The van der Waals surface area contributed by atoms with Gasteiger partial charge in [-0.25, -0.2) is 9.98 Å². The molecule has 0 bridgehead atoms. The second kappa shape index (κ2) is 14.8. The largest absolute Gasteiger partial charge is 0.375 e. The molecule has 1 atom stereocenters. The highest BCUT2D eigenvalue weighted by molar-refractivity contribution is 14.0. The van der Waals surface area contributed by atoms with Crippen molar-refractivity contribution in [2.75, 3.05) is 57.3 Å². The highest BCUT2D eigenvalue weighted by Crippen LogP contribution is 2.17. The predicted molar refractivity (Wildman–Crippen MR) is 140 cm³/mol. The number of morpholine rings is 1. The van der Waals surface area contributed by atoms with E-state index in [4.69, 9.17) is 9.73 Å². The van der Waals surface area contributed by atoms with Gasteiger partial charge in [0.25, 0.3) is 0 Å². The lowest BCUT2D eigenvalue weighted by atomic mass is 10.2. The Kier molecular flexibility index (Phi) is 12.5. The maximum absolute atomic E-state index is 5.65. The first-order valence-corrected chi connectivity index (χ1v) is 11.8. The Hall–Kier alpha value is -1.13. The molecule has 8 heteroatoms. The molecule has 2 N–H and O–H groups in total. The van der Waals surface area contributed by atoms with Crippen LogP contribution in [0.2, 0.25) is 0 Å². The van der Waals surface area contributed by atoms with Crippen LogP contribution in [0.5, 0.6) is 0 Å². The Morgan fingerprint density at radius 1 is 1.19 bits per heavy atom. The number of nitrogens with zero attached hydrogens (tertiary/aromatic N) is 4. The summed E-state index contributed by atoms with van der Waals surface area (Å²) in [5.41, 5.74) is 1.18. The zero-order valence-corrected chi connectivity index (χ0v) is 21.6. The predicted octanol–water partition coefficient (Wildman–Crippen LogP) is 3.25. The topological polar surface area (TPSA) is 65.0 Å². The van der Waals surface area contributed by atoms with Gasteiger partial charge in [0.1, 0.15) is 5.82 Å². The Morgan fingerprint density at radius 2 is 2.00 bits per heavy atom. The molecule has 0 spiro atoms. The summed E-state index contributed by atoms with van der Waals surface area (Å²) in [7, 11) is 0. The van der Waals surface area contributed by atoms with E-state index in [0.29, 0.717) is 6.54 Å². The molecule has 2 fully saturated rings. The van der Waals surface area contributed by atoms with Crippen LogP contribution in [0.1, 0.15) is 51.5 Å². The molecular formula is C23H41IN6O. The van der Waals surface area contributed by atoms with Crippen LogP contribution in [0.4, 0.5) is 5.82 Å². The SMILES string of the molecule is CCNC(=NCc1ccnc(N2CCOC(C)C2)c1)NCCCN1CCCCCC1.I. The highest BCUT2D eigenvalue weighted by atomic mass is 127. The zero-order chi connectivity index (χ0) is 21.0. The van der Waals surface area contributed by atoms with E-state index < -0.39 is 0 Å². The number of hydrogen-bond acceptors (Lipinski definition) is 5. The summed E-state index contributed by atoms with van der Waals surface area (Å²) < 4.78 is 5.65. The van der Waals surface area contributed by atoms with E-state index in [2.05, 4.69) is 51.4 Å². The Balaban J connectivity index is 0.00000341. The number of nitrogens with one attached hydrogen (secondary N) is 2. The van der Waals surface area contributed by atoms with Gasteiger partial charge < -0.3 is 25.2 Å². The third-order valence-corrected chi connectivity index (χ3v) is 5.78. The number of likely N-dealkylation sites (tertiary alicyclic amines) is 1. The van der Waals surface area contributed by atoms with Crippen LogP contribution < -0.4 is 15.5 Å². The second-order valence-electron chi connectivity index (χ2n) is 8.38. The first kappa shape index (κ1) is 26.1. The van der Waals surface area contributed by atoms with Crippen molar-refractivity contribution in [3.63, 3.8) is 0 Å². The molecule has 2 saturated heterocycles. The molecule has 1 aromatic rings. The number of aliphatic imine (C=N–C) groups is 1. The number of halogens is 1. The minimum Gasteiger partial charge on any atom is -0.375 e. The summed E-state index contributed by atoms with van der Waals surface area (Å²) in [4.78, 5) is 14.3. The van der Waals surface area contributed by atoms with Gasteiger partial charge in [0, 0.05) is 32.4 Å². The van der Waals surface area contributed by atoms with E-state index in [1.807, 2.05) is 6.20 Å². The minimum absolute atomic E-state index is 0. The molecule has 0 aromatic carbocycles. The lowest BCUT2D eigenvalue weighted by Crippen LogP contribution is -2.41. The molecule has 3 heterocycles. The van der Waals surface area contributed by atoms with Crippen molar-refractivity contribution in [3.8, 4) is 0 Å². The Bertz CT molecular complexity index is 651. The van der Waals surface area contributed by atoms with E-state index in [9.17, 15) is 0 Å². The lowest BCUT2D eigenvalue weighted by Gasteiger charge is -2.32. The fraction of sp³-hybridized carbons (Fsp3) is 0.739. The van der Waals surface area contributed by atoms with E-state index in [0.717, 1.165) is 51.0 Å².